The number of methoxy groups -OCH3 is 1. The van der Waals surface area contributed by atoms with Gasteiger partial charge in [0.1, 0.15) is 11.4 Å². The van der Waals surface area contributed by atoms with Gasteiger partial charge in [-0.3, -0.25) is 19.3 Å². The lowest BCUT2D eigenvalue weighted by Crippen LogP contribution is -2.47. The van der Waals surface area contributed by atoms with Gasteiger partial charge in [0.25, 0.3) is 5.56 Å². The number of hydrogen-bond acceptors (Lipinski definition) is 7. The molecule has 0 radical (unpaired) electrons. The van der Waals surface area contributed by atoms with Gasteiger partial charge in [-0.15, -0.1) is 0 Å². The van der Waals surface area contributed by atoms with Gasteiger partial charge in [-0.1, -0.05) is 19.4 Å². The van der Waals surface area contributed by atoms with Crippen molar-refractivity contribution in [3.05, 3.63) is 50.3 Å². The molecule has 3 rings (SSSR count). The first-order valence-electron chi connectivity index (χ1n) is 11.3. The van der Waals surface area contributed by atoms with E-state index in [9.17, 15) is 19.8 Å². The lowest BCUT2D eigenvalue weighted by atomic mass is 9.69. The van der Waals surface area contributed by atoms with E-state index in [1.807, 2.05) is 19.1 Å². The fourth-order valence-corrected chi connectivity index (χ4v) is 4.74. The van der Waals surface area contributed by atoms with E-state index in [2.05, 4.69) is 4.98 Å². The van der Waals surface area contributed by atoms with Gasteiger partial charge >= 0.3 is 5.69 Å². The standard InChI is InChI=1S/C23H33N5O5/c1-3-4-12-27-20(30)17(18(24)25)21(31)28(22(27)32)16-7-9-23(14-29,10-8-16)13-15-6-5-11-26-19(15)33-2/h5-6,11,16,29-30H,3-4,7-10,12-14H2,1-2H3,(H3,24,25). The van der Waals surface area contributed by atoms with Crippen LogP contribution in [0.15, 0.2) is 27.9 Å². The number of aliphatic hydroxyl groups excluding tert-OH is 1. The fraction of sp³-hybridized carbons (Fsp3) is 0.565. The SMILES string of the molecule is CCCCn1c(O)c(C(=N)N)c(=O)n(C2CCC(CO)(Cc3cccnc3OC)CC2)c1=O. The van der Waals surface area contributed by atoms with Gasteiger partial charge in [0, 0.05) is 31.0 Å². The summed E-state index contributed by atoms with van der Waals surface area (Å²) >= 11 is 0. The number of aromatic hydroxyl groups is 1. The first kappa shape index (κ1) is 24.5. The van der Waals surface area contributed by atoms with Gasteiger partial charge in [-0.05, 0) is 50.0 Å². The Labute approximate surface area is 192 Å². The Morgan fingerprint density at radius 2 is 2.06 bits per heavy atom. The maximum atomic E-state index is 13.2. The average Bonchev–Trinajstić information content (AvgIpc) is 2.80. The number of aromatic nitrogens is 3. The van der Waals surface area contributed by atoms with Crippen LogP contribution in [0.2, 0.25) is 0 Å². The number of rotatable bonds is 9. The number of hydrogen-bond donors (Lipinski definition) is 4. The zero-order valence-corrected chi connectivity index (χ0v) is 19.2. The first-order valence-corrected chi connectivity index (χ1v) is 11.3. The number of nitrogens with two attached hydrogens (primary N) is 1. The fourth-order valence-electron chi connectivity index (χ4n) is 4.74. The van der Waals surface area contributed by atoms with E-state index in [0.29, 0.717) is 44.4 Å². The Morgan fingerprint density at radius 1 is 1.36 bits per heavy atom. The van der Waals surface area contributed by atoms with Crippen molar-refractivity contribution in [2.75, 3.05) is 13.7 Å². The molecule has 5 N–H and O–H groups in total. The molecule has 2 aromatic heterocycles. The van der Waals surface area contributed by atoms with Crippen molar-refractivity contribution in [1.82, 2.24) is 14.1 Å². The van der Waals surface area contributed by atoms with E-state index < -0.39 is 34.4 Å². The first-order chi connectivity index (χ1) is 15.8. The summed E-state index contributed by atoms with van der Waals surface area (Å²) in [6.45, 7) is 2.15. The minimum Gasteiger partial charge on any atom is -0.494 e. The highest BCUT2D eigenvalue weighted by atomic mass is 16.5. The zero-order chi connectivity index (χ0) is 24.2. The van der Waals surface area contributed by atoms with Crippen LogP contribution in [0, 0.1) is 10.8 Å². The second kappa shape index (κ2) is 10.2. The van der Waals surface area contributed by atoms with Gasteiger partial charge in [0.05, 0.1) is 7.11 Å². The average molecular weight is 460 g/mol. The predicted molar refractivity (Wildman–Crippen MR) is 124 cm³/mol. The number of ether oxygens (including phenoxy) is 1. The molecule has 0 aromatic carbocycles. The van der Waals surface area contributed by atoms with Gasteiger partial charge in [0.2, 0.25) is 11.8 Å². The Kier molecular flexibility index (Phi) is 7.57. The van der Waals surface area contributed by atoms with E-state index in [-0.39, 0.29) is 18.7 Å². The molecule has 2 heterocycles. The number of nitrogens with zero attached hydrogens (tertiary/aromatic N) is 3. The summed E-state index contributed by atoms with van der Waals surface area (Å²) in [6, 6.07) is 3.34. The highest BCUT2D eigenvalue weighted by Gasteiger charge is 2.38. The summed E-state index contributed by atoms with van der Waals surface area (Å²) in [5, 5.41) is 28.5. The van der Waals surface area contributed by atoms with Crippen molar-refractivity contribution in [1.29, 1.82) is 5.41 Å². The smallest absolute Gasteiger partial charge is 0.334 e. The molecule has 1 saturated carbocycles. The number of nitrogen functional groups attached to an aromatic ring is 1. The molecule has 10 heteroatoms. The van der Waals surface area contributed by atoms with Crippen LogP contribution in [0.25, 0.3) is 0 Å². The molecule has 10 nitrogen and oxygen atoms in total. The van der Waals surface area contributed by atoms with Crippen molar-refractivity contribution >= 4 is 5.84 Å². The second-order valence-corrected chi connectivity index (χ2v) is 8.81. The molecule has 0 aliphatic heterocycles. The Balaban J connectivity index is 1.93. The monoisotopic (exact) mass is 459 g/mol. The van der Waals surface area contributed by atoms with Crippen molar-refractivity contribution in [2.24, 2.45) is 11.1 Å². The van der Waals surface area contributed by atoms with E-state index in [1.165, 1.54) is 0 Å². The highest BCUT2D eigenvalue weighted by molar-refractivity contribution is 5.96. The molecule has 33 heavy (non-hydrogen) atoms. The van der Waals surface area contributed by atoms with Crippen LogP contribution in [0.5, 0.6) is 11.8 Å². The molecule has 0 atom stereocenters. The molecule has 0 unspecified atom stereocenters. The third-order valence-electron chi connectivity index (χ3n) is 6.68. The molecule has 0 bridgehead atoms. The number of pyridine rings is 1. The van der Waals surface area contributed by atoms with Gasteiger partial charge in [-0.25, -0.2) is 9.78 Å². The summed E-state index contributed by atoms with van der Waals surface area (Å²) in [7, 11) is 1.56. The number of aliphatic hydroxyl groups is 1. The van der Waals surface area contributed by atoms with Crippen molar-refractivity contribution in [3.63, 3.8) is 0 Å². The molecule has 1 aliphatic rings. The van der Waals surface area contributed by atoms with E-state index in [4.69, 9.17) is 15.9 Å². The number of amidine groups is 1. The largest absolute Gasteiger partial charge is 0.494 e. The van der Waals surface area contributed by atoms with Crippen LogP contribution in [-0.4, -0.2) is 43.9 Å². The van der Waals surface area contributed by atoms with Crippen LogP contribution in [-0.2, 0) is 13.0 Å². The van der Waals surface area contributed by atoms with Gasteiger partial charge in [-0.2, -0.15) is 0 Å². The minimum absolute atomic E-state index is 0.0400. The Bertz CT molecular complexity index is 1120. The third kappa shape index (κ3) is 4.80. The van der Waals surface area contributed by atoms with Crippen LogP contribution >= 0.6 is 0 Å². The lowest BCUT2D eigenvalue weighted by molar-refractivity contribution is 0.0637. The van der Waals surface area contributed by atoms with E-state index in [1.54, 1.807) is 13.3 Å². The topological polar surface area (TPSA) is 156 Å². The normalized spacial score (nSPS) is 20.5. The molecule has 0 amide bonds. The molecule has 0 saturated heterocycles. The molecular weight excluding hydrogens is 426 g/mol. The third-order valence-corrected chi connectivity index (χ3v) is 6.68. The Morgan fingerprint density at radius 3 is 2.64 bits per heavy atom. The maximum absolute atomic E-state index is 13.2. The lowest BCUT2D eigenvalue weighted by Gasteiger charge is -2.39. The quantitative estimate of drug-likeness (QED) is 0.327. The molecule has 1 fully saturated rings. The molecular formula is C23H33N5O5. The van der Waals surface area contributed by atoms with E-state index >= 15 is 0 Å². The Hall–Kier alpha value is -3.14. The van der Waals surface area contributed by atoms with Crippen LogP contribution < -0.4 is 21.7 Å². The minimum atomic E-state index is -0.742. The molecule has 0 spiro atoms. The van der Waals surface area contributed by atoms with E-state index in [0.717, 1.165) is 21.1 Å². The number of nitrogens with one attached hydrogen (secondary N) is 1. The van der Waals surface area contributed by atoms with Crippen LogP contribution in [0.4, 0.5) is 0 Å². The summed E-state index contributed by atoms with van der Waals surface area (Å²) in [5.41, 5.74) is 4.39. The summed E-state index contributed by atoms with van der Waals surface area (Å²) in [6.07, 6.45) is 5.80. The zero-order valence-electron chi connectivity index (χ0n) is 19.2. The molecule has 1 aliphatic carbocycles. The van der Waals surface area contributed by atoms with Crippen LogP contribution in [0.3, 0.4) is 0 Å². The summed E-state index contributed by atoms with van der Waals surface area (Å²) in [5.74, 6) is -0.598. The van der Waals surface area contributed by atoms with Gasteiger partial charge < -0.3 is 20.7 Å². The summed E-state index contributed by atoms with van der Waals surface area (Å²) in [4.78, 5) is 30.5. The molecule has 180 valence electrons. The van der Waals surface area contributed by atoms with Crippen molar-refractivity contribution < 1.29 is 14.9 Å². The van der Waals surface area contributed by atoms with Gasteiger partial charge in [0.15, 0.2) is 0 Å². The highest BCUT2D eigenvalue weighted by Crippen LogP contribution is 2.43. The number of unbranched alkanes of at least 4 members (excludes halogenated alkanes) is 1. The maximum Gasteiger partial charge on any atom is 0.334 e. The van der Waals surface area contributed by atoms with Crippen LogP contribution in [0.1, 0.15) is 62.6 Å². The summed E-state index contributed by atoms with van der Waals surface area (Å²) < 4.78 is 7.62. The molecule has 2 aromatic rings. The van der Waals surface area contributed by atoms with Crippen molar-refractivity contribution in [2.45, 2.75) is 64.5 Å². The predicted octanol–water partition coefficient (Wildman–Crippen LogP) is 1.54. The van der Waals surface area contributed by atoms with Crippen molar-refractivity contribution in [3.8, 4) is 11.8 Å². The second-order valence-electron chi connectivity index (χ2n) is 8.81.